The Hall–Kier alpha value is -2.38. The van der Waals surface area contributed by atoms with Gasteiger partial charge in [-0.1, -0.05) is 11.6 Å². The standard InChI is InChI=1S/C18H22ClN5O2/c1-26-15-4-2-14(3-5-15)18(25)21-6-7-23-8-10-24(11-9-23)17-16(19)12-20-13-22-17/h2-5,12-13H,6-11H2,1H3,(H,21,25). The number of piperazine rings is 1. The Balaban J connectivity index is 1.41. The first-order valence-electron chi connectivity index (χ1n) is 8.52. The summed E-state index contributed by atoms with van der Waals surface area (Å²) in [5.74, 6) is 1.45. The van der Waals surface area contributed by atoms with Gasteiger partial charge >= 0.3 is 0 Å². The Labute approximate surface area is 157 Å². The topological polar surface area (TPSA) is 70.6 Å². The summed E-state index contributed by atoms with van der Waals surface area (Å²) in [5, 5.41) is 3.54. The van der Waals surface area contributed by atoms with Crippen LogP contribution in [-0.2, 0) is 0 Å². The molecule has 0 spiro atoms. The van der Waals surface area contributed by atoms with Gasteiger partial charge in [-0.25, -0.2) is 9.97 Å². The molecule has 1 amide bonds. The van der Waals surface area contributed by atoms with Crippen LogP contribution in [0.5, 0.6) is 5.75 Å². The van der Waals surface area contributed by atoms with E-state index in [0.717, 1.165) is 44.3 Å². The summed E-state index contributed by atoms with van der Waals surface area (Å²) in [4.78, 5) is 24.8. The van der Waals surface area contributed by atoms with Crippen LogP contribution in [0.1, 0.15) is 10.4 Å². The molecule has 1 N–H and O–H groups in total. The van der Waals surface area contributed by atoms with Gasteiger partial charge in [0.15, 0.2) is 5.82 Å². The summed E-state index contributed by atoms with van der Waals surface area (Å²) in [6.45, 7) is 4.93. The van der Waals surface area contributed by atoms with Crippen molar-refractivity contribution < 1.29 is 9.53 Å². The van der Waals surface area contributed by atoms with Crippen molar-refractivity contribution in [2.75, 3.05) is 51.3 Å². The maximum atomic E-state index is 12.2. The van der Waals surface area contributed by atoms with Crippen molar-refractivity contribution in [2.24, 2.45) is 0 Å². The summed E-state index contributed by atoms with van der Waals surface area (Å²) in [5.41, 5.74) is 0.633. The first kappa shape index (κ1) is 18.4. The van der Waals surface area contributed by atoms with Gasteiger partial charge in [0.1, 0.15) is 17.1 Å². The molecular weight excluding hydrogens is 354 g/mol. The molecule has 0 saturated carbocycles. The fraction of sp³-hybridized carbons (Fsp3) is 0.389. The third-order valence-electron chi connectivity index (χ3n) is 4.39. The first-order valence-corrected chi connectivity index (χ1v) is 8.90. The second-order valence-electron chi connectivity index (χ2n) is 6.01. The lowest BCUT2D eigenvalue weighted by Gasteiger charge is -2.35. The summed E-state index contributed by atoms with van der Waals surface area (Å²) in [6.07, 6.45) is 3.13. The van der Waals surface area contributed by atoms with E-state index in [-0.39, 0.29) is 5.91 Å². The largest absolute Gasteiger partial charge is 0.497 e. The van der Waals surface area contributed by atoms with Gasteiger partial charge in [0.2, 0.25) is 0 Å². The van der Waals surface area contributed by atoms with E-state index < -0.39 is 0 Å². The third-order valence-corrected chi connectivity index (χ3v) is 4.65. The maximum absolute atomic E-state index is 12.2. The number of ether oxygens (including phenoxy) is 1. The SMILES string of the molecule is COc1ccc(C(=O)NCCN2CCN(c3ncncc3Cl)CC2)cc1. The molecule has 1 aliphatic heterocycles. The molecule has 1 aromatic heterocycles. The smallest absolute Gasteiger partial charge is 0.251 e. The normalized spacial score (nSPS) is 14.9. The molecule has 3 rings (SSSR count). The first-order chi connectivity index (χ1) is 12.7. The van der Waals surface area contributed by atoms with Crippen LogP contribution < -0.4 is 15.0 Å². The second kappa shape index (κ2) is 8.82. The number of methoxy groups -OCH3 is 1. The van der Waals surface area contributed by atoms with E-state index in [1.807, 2.05) is 0 Å². The highest BCUT2D eigenvalue weighted by molar-refractivity contribution is 6.32. The van der Waals surface area contributed by atoms with E-state index in [1.54, 1.807) is 37.6 Å². The molecule has 26 heavy (non-hydrogen) atoms. The number of hydrogen-bond acceptors (Lipinski definition) is 6. The molecule has 0 atom stereocenters. The molecule has 1 aromatic carbocycles. The Bertz CT molecular complexity index is 733. The minimum atomic E-state index is -0.0703. The van der Waals surface area contributed by atoms with E-state index >= 15 is 0 Å². The van der Waals surface area contributed by atoms with Crippen LogP contribution in [0.15, 0.2) is 36.8 Å². The number of carbonyl (C=O) groups excluding carboxylic acids is 1. The molecule has 8 heteroatoms. The number of anilines is 1. The summed E-state index contributed by atoms with van der Waals surface area (Å²) >= 11 is 6.15. The molecule has 138 valence electrons. The molecule has 1 saturated heterocycles. The predicted octanol–water partition coefficient (Wildman–Crippen LogP) is 1.69. The summed E-state index contributed by atoms with van der Waals surface area (Å²) in [7, 11) is 1.60. The minimum Gasteiger partial charge on any atom is -0.497 e. The van der Waals surface area contributed by atoms with Crippen LogP contribution in [0.25, 0.3) is 0 Å². The second-order valence-corrected chi connectivity index (χ2v) is 6.41. The van der Waals surface area contributed by atoms with Crippen molar-refractivity contribution in [1.82, 2.24) is 20.2 Å². The van der Waals surface area contributed by atoms with E-state index in [9.17, 15) is 4.79 Å². The van der Waals surface area contributed by atoms with Crippen molar-refractivity contribution >= 4 is 23.3 Å². The lowest BCUT2D eigenvalue weighted by Crippen LogP contribution is -2.48. The van der Waals surface area contributed by atoms with Gasteiger partial charge in [-0.3, -0.25) is 9.69 Å². The molecular formula is C18H22ClN5O2. The zero-order chi connectivity index (χ0) is 18.4. The van der Waals surface area contributed by atoms with Gasteiger partial charge in [0.25, 0.3) is 5.91 Å². The fourth-order valence-corrected chi connectivity index (χ4v) is 3.12. The molecule has 0 unspecified atom stereocenters. The summed E-state index contributed by atoms with van der Waals surface area (Å²) < 4.78 is 5.10. The summed E-state index contributed by atoms with van der Waals surface area (Å²) in [6, 6.07) is 7.09. The molecule has 7 nitrogen and oxygen atoms in total. The van der Waals surface area contributed by atoms with Crippen LogP contribution >= 0.6 is 11.6 Å². The monoisotopic (exact) mass is 375 g/mol. The number of benzene rings is 1. The van der Waals surface area contributed by atoms with Crippen molar-refractivity contribution in [3.63, 3.8) is 0 Å². The third kappa shape index (κ3) is 4.62. The van der Waals surface area contributed by atoms with E-state index in [4.69, 9.17) is 16.3 Å². The van der Waals surface area contributed by atoms with Crippen LogP contribution in [-0.4, -0.2) is 67.2 Å². The van der Waals surface area contributed by atoms with Crippen LogP contribution in [0.2, 0.25) is 5.02 Å². The predicted molar refractivity (Wildman–Crippen MR) is 101 cm³/mol. The van der Waals surface area contributed by atoms with Crippen molar-refractivity contribution in [3.05, 3.63) is 47.4 Å². The van der Waals surface area contributed by atoms with Crippen LogP contribution in [0, 0.1) is 0 Å². The molecule has 1 fully saturated rings. The fourth-order valence-electron chi connectivity index (χ4n) is 2.89. The minimum absolute atomic E-state index is 0.0703. The Morgan fingerprint density at radius 1 is 1.23 bits per heavy atom. The van der Waals surface area contributed by atoms with Crippen molar-refractivity contribution in [1.29, 1.82) is 0 Å². The molecule has 0 radical (unpaired) electrons. The van der Waals surface area contributed by atoms with Gasteiger partial charge in [-0.2, -0.15) is 0 Å². The average molecular weight is 376 g/mol. The van der Waals surface area contributed by atoms with Gasteiger partial charge in [-0.05, 0) is 24.3 Å². The maximum Gasteiger partial charge on any atom is 0.251 e. The van der Waals surface area contributed by atoms with Crippen LogP contribution in [0.4, 0.5) is 5.82 Å². The van der Waals surface area contributed by atoms with Gasteiger partial charge in [0.05, 0.1) is 13.3 Å². The highest BCUT2D eigenvalue weighted by atomic mass is 35.5. The number of nitrogens with one attached hydrogen (secondary N) is 1. The van der Waals surface area contributed by atoms with E-state index in [0.29, 0.717) is 17.1 Å². The quantitative estimate of drug-likeness (QED) is 0.828. The lowest BCUT2D eigenvalue weighted by atomic mass is 10.2. The lowest BCUT2D eigenvalue weighted by molar-refractivity contribution is 0.0947. The Morgan fingerprint density at radius 2 is 1.96 bits per heavy atom. The molecule has 2 heterocycles. The van der Waals surface area contributed by atoms with Crippen molar-refractivity contribution in [2.45, 2.75) is 0 Å². The van der Waals surface area contributed by atoms with E-state index in [1.165, 1.54) is 6.33 Å². The van der Waals surface area contributed by atoms with Gasteiger partial charge in [-0.15, -0.1) is 0 Å². The number of amides is 1. The number of nitrogens with zero attached hydrogens (tertiary/aromatic N) is 4. The number of aromatic nitrogens is 2. The zero-order valence-corrected chi connectivity index (χ0v) is 15.4. The molecule has 0 aliphatic carbocycles. The number of carbonyl (C=O) groups is 1. The Morgan fingerprint density at radius 3 is 2.62 bits per heavy atom. The number of halogens is 1. The van der Waals surface area contributed by atoms with Crippen LogP contribution in [0.3, 0.4) is 0 Å². The number of hydrogen-bond donors (Lipinski definition) is 1. The average Bonchev–Trinajstić information content (AvgIpc) is 2.69. The van der Waals surface area contributed by atoms with Gasteiger partial charge < -0.3 is 15.0 Å². The van der Waals surface area contributed by atoms with E-state index in [2.05, 4.69) is 25.1 Å². The van der Waals surface area contributed by atoms with Gasteiger partial charge in [0, 0.05) is 44.8 Å². The molecule has 1 aliphatic rings. The highest BCUT2D eigenvalue weighted by Gasteiger charge is 2.19. The zero-order valence-electron chi connectivity index (χ0n) is 14.7. The van der Waals surface area contributed by atoms with Crippen molar-refractivity contribution in [3.8, 4) is 5.75 Å². The highest BCUT2D eigenvalue weighted by Crippen LogP contribution is 2.22. The number of rotatable bonds is 6. The Kier molecular flexibility index (Phi) is 6.25. The molecule has 2 aromatic rings. The molecule has 0 bridgehead atoms.